The molecule has 2 fully saturated rings. The first-order valence-corrected chi connectivity index (χ1v) is 7.68. The number of fused-ring (bicyclic) bond motifs is 2. The number of hydrogen-bond acceptors (Lipinski definition) is 4. The van der Waals surface area contributed by atoms with Crippen molar-refractivity contribution in [3.8, 4) is 0 Å². The second-order valence-electron chi connectivity index (χ2n) is 6.05. The van der Waals surface area contributed by atoms with Gasteiger partial charge in [0.15, 0.2) is 5.76 Å². The molecule has 1 aliphatic heterocycles. The smallest absolute Gasteiger partial charge is 0.287 e. The lowest BCUT2D eigenvalue weighted by molar-refractivity contribution is -0.0811. The molecule has 1 saturated carbocycles. The minimum atomic E-state index is -0.160. The van der Waals surface area contributed by atoms with Gasteiger partial charge < -0.3 is 19.2 Å². The molecule has 4 rings (SSSR count). The summed E-state index contributed by atoms with van der Waals surface area (Å²) in [6, 6.07) is 9.53. The minimum Gasteiger partial charge on any atom is -0.451 e. The van der Waals surface area contributed by atoms with E-state index >= 15 is 0 Å². The molecular formula is C17H19NO4. The number of carbonyl (C=O) groups is 1. The number of carbonyl (C=O) groups excluding carboxylic acids is 1. The molecule has 1 aliphatic carbocycles. The maximum Gasteiger partial charge on any atom is 0.287 e. The zero-order valence-corrected chi connectivity index (χ0v) is 12.5. The molecular weight excluding hydrogens is 282 g/mol. The Morgan fingerprint density at radius 2 is 2.27 bits per heavy atom. The highest BCUT2D eigenvalue weighted by molar-refractivity contribution is 5.96. The maximum atomic E-state index is 12.5. The van der Waals surface area contributed by atoms with Gasteiger partial charge in [0, 0.05) is 37.0 Å². The van der Waals surface area contributed by atoms with E-state index in [4.69, 9.17) is 13.9 Å². The van der Waals surface area contributed by atoms with Crippen LogP contribution in [0, 0.1) is 11.8 Å². The van der Waals surface area contributed by atoms with Gasteiger partial charge in [0.05, 0.1) is 12.7 Å². The molecule has 2 aliphatic rings. The number of nitrogens with one attached hydrogen (secondary N) is 1. The van der Waals surface area contributed by atoms with Crippen molar-refractivity contribution in [1.29, 1.82) is 0 Å². The number of methoxy groups -OCH3 is 1. The summed E-state index contributed by atoms with van der Waals surface area (Å²) in [5, 5.41) is 4.05. The van der Waals surface area contributed by atoms with E-state index in [-0.39, 0.29) is 24.0 Å². The Morgan fingerprint density at radius 1 is 1.41 bits per heavy atom. The molecule has 5 nitrogen and oxygen atoms in total. The van der Waals surface area contributed by atoms with E-state index in [1.54, 1.807) is 13.2 Å². The van der Waals surface area contributed by atoms with E-state index in [9.17, 15) is 4.79 Å². The van der Waals surface area contributed by atoms with Crippen LogP contribution in [-0.4, -0.2) is 38.4 Å². The van der Waals surface area contributed by atoms with Crippen LogP contribution < -0.4 is 5.32 Å². The van der Waals surface area contributed by atoms with Crippen molar-refractivity contribution in [1.82, 2.24) is 5.32 Å². The van der Waals surface area contributed by atoms with Crippen molar-refractivity contribution in [3.05, 3.63) is 36.1 Å². The number of hydrogen-bond donors (Lipinski definition) is 1. The SMILES string of the molecule is COC[C@@H]1[C@H](NC(=O)c2cc3ccccc3o2)[C@@H]2CCO[C@H]12. The molecule has 116 valence electrons. The topological polar surface area (TPSA) is 60.7 Å². The second kappa shape index (κ2) is 5.41. The molecule has 2 aromatic rings. The number of rotatable bonds is 4. The van der Waals surface area contributed by atoms with Gasteiger partial charge in [-0.1, -0.05) is 18.2 Å². The summed E-state index contributed by atoms with van der Waals surface area (Å²) >= 11 is 0. The van der Waals surface area contributed by atoms with Gasteiger partial charge >= 0.3 is 0 Å². The summed E-state index contributed by atoms with van der Waals surface area (Å²) in [4.78, 5) is 12.5. The summed E-state index contributed by atoms with van der Waals surface area (Å²) in [6.45, 7) is 1.37. The predicted octanol–water partition coefficient (Wildman–Crippen LogP) is 2.21. The summed E-state index contributed by atoms with van der Waals surface area (Å²) in [5.41, 5.74) is 0.733. The van der Waals surface area contributed by atoms with Crippen molar-refractivity contribution in [2.75, 3.05) is 20.3 Å². The zero-order chi connectivity index (χ0) is 15.1. The third-order valence-corrected chi connectivity index (χ3v) is 4.83. The zero-order valence-electron chi connectivity index (χ0n) is 12.5. The van der Waals surface area contributed by atoms with Gasteiger partial charge in [-0.2, -0.15) is 0 Å². The molecule has 0 bridgehead atoms. The van der Waals surface area contributed by atoms with Crippen LogP contribution in [0.1, 0.15) is 17.0 Å². The van der Waals surface area contributed by atoms with E-state index in [0.29, 0.717) is 18.3 Å². The standard InChI is InChI=1S/C17H19NO4/c1-20-9-12-15(11-6-7-21-16(11)12)18-17(19)14-8-10-4-2-3-5-13(10)22-14/h2-5,8,11-12,15-16H,6-7,9H2,1H3,(H,18,19)/t11-,12+,15+,16-/m0/s1. The fourth-order valence-electron chi connectivity index (χ4n) is 3.75. The lowest BCUT2D eigenvalue weighted by Crippen LogP contribution is -2.62. The molecule has 0 radical (unpaired) electrons. The van der Waals surface area contributed by atoms with E-state index < -0.39 is 0 Å². The van der Waals surface area contributed by atoms with Crippen LogP contribution in [0.25, 0.3) is 11.0 Å². The third kappa shape index (κ3) is 2.12. The number of furan rings is 1. The number of ether oxygens (including phenoxy) is 2. The van der Waals surface area contributed by atoms with Crippen molar-refractivity contribution in [2.45, 2.75) is 18.6 Å². The Balaban J connectivity index is 1.51. The van der Waals surface area contributed by atoms with Crippen molar-refractivity contribution >= 4 is 16.9 Å². The second-order valence-corrected chi connectivity index (χ2v) is 6.05. The molecule has 2 heterocycles. The van der Waals surface area contributed by atoms with Crippen LogP contribution in [0.15, 0.2) is 34.7 Å². The number of para-hydroxylation sites is 1. The maximum absolute atomic E-state index is 12.5. The van der Waals surface area contributed by atoms with Gasteiger partial charge in [-0.3, -0.25) is 4.79 Å². The Hall–Kier alpha value is -1.85. The van der Waals surface area contributed by atoms with E-state index in [1.165, 1.54) is 0 Å². The number of benzene rings is 1. The van der Waals surface area contributed by atoms with Gasteiger partial charge in [-0.15, -0.1) is 0 Å². The predicted molar refractivity (Wildman–Crippen MR) is 80.7 cm³/mol. The molecule has 4 atom stereocenters. The first kappa shape index (κ1) is 13.8. The molecule has 1 aromatic carbocycles. The third-order valence-electron chi connectivity index (χ3n) is 4.83. The molecule has 1 amide bonds. The van der Waals surface area contributed by atoms with Crippen molar-refractivity contribution in [2.24, 2.45) is 11.8 Å². The molecule has 22 heavy (non-hydrogen) atoms. The normalized spacial score (nSPS) is 30.0. The van der Waals surface area contributed by atoms with Gasteiger partial charge in [0.2, 0.25) is 0 Å². The molecule has 1 saturated heterocycles. The van der Waals surface area contributed by atoms with Crippen LogP contribution >= 0.6 is 0 Å². The van der Waals surface area contributed by atoms with Crippen LogP contribution in [0.4, 0.5) is 0 Å². The van der Waals surface area contributed by atoms with Gasteiger partial charge in [-0.25, -0.2) is 0 Å². The summed E-state index contributed by atoms with van der Waals surface area (Å²) in [6.07, 6.45) is 1.22. The molecule has 5 heteroatoms. The molecule has 0 spiro atoms. The first-order valence-electron chi connectivity index (χ1n) is 7.68. The van der Waals surface area contributed by atoms with E-state index in [1.807, 2.05) is 24.3 Å². The van der Waals surface area contributed by atoms with E-state index in [2.05, 4.69) is 5.32 Å². The molecule has 0 unspecified atom stereocenters. The van der Waals surface area contributed by atoms with Gasteiger partial charge in [0.25, 0.3) is 5.91 Å². The van der Waals surface area contributed by atoms with Crippen LogP contribution in [0.5, 0.6) is 0 Å². The summed E-state index contributed by atoms with van der Waals surface area (Å²) in [7, 11) is 1.68. The first-order chi connectivity index (χ1) is 10.8. The lowest BCUT2D eigenvalue weighted by atomic mass is 9.67. The fraction of sp³-hybridized carbons (Fsp3) is 0.471. The van der Waals surface area contributed by atoms with E-state index in [0.717, 1.165) is 24.0 Å². The lowest BCUT2D eigenvalue weighted by Gasteiger charge is -2.47. The van der Waals surface area contributed by atoms with Gasteiger partial charge in [0.1, 0.15) is 5.58 Å². The Labute approximate surface area is 128 Å². The average molecular weight is 301 g/mol. The average Bonchev–Trinajstić information content (AvgIpc) is 3.14. The molecule has 1 N–H and O–H groups in total. The van der Waals surface area contributed by atoms with Crippen molar-refractivity contribution in [3.63, 3.8) is 0 Å². The van der Waals surface area contributed by atoms with Crippen LogP contribution in [0.3, 0.4) is 0 Å². The van der Waals surface area contributed by atoms with Crippen LogP contribution in [-0.2, 0) is 9.47 Å². The Morgan fingerprint density at radius 3 is 3.09 bits per heavy atom. The largest absolute Gasteiger partial charge is 0.451 e. The van der Waals surface area contributed by atoms with Crippen molar-refractivity contribution < 1.29 is 18.7 Å². The number of amides is 1. The summed E-state index contributed by atoms with van der Waals surface area (Å²) < 4.78 is 16.6. The highest BCUT2D eigenvalue weighted by atomic mass is 16.5. The monoisotopic (exact) mass is 301 g/mol. The van der Waals surface area contributed by atoms with Crippen LogP contribution in [0.2, 0.25) is 0 Å². The fourth-order valence-corrected chi connectivity index (χ4v) is 3.75. The minimum absolute atomic E-state index is 0.105. The highest BCUT2D eigenvalue weighted by Crippen LogP contribution is 2.43. The Bertz CT molecular complexity index is 662. The Kier molecular flexibility index (Phi) is 3.39. The quantitative estimate of drug-likeness (QED) is 0.940. The molecule has 1 aromatic heterocycles. The highest BCUT2D eigenvalue weighted by Gasteiger charge is 2.54. The summed E-state index contributed by atoms with van der Waals surface area (Å²) in [5.74, 6) is 0.826. The van der Waals surface area contributed by atoms with Gasteiger partial charge in [-0.05, 0) is 18.6 Å².